The van der Waals surface area contributed by atoms with Gasteiger partial charge in [0.2, 0.25) is 0 Å². The topological polar surface area (TPSA) is 32.3 Å². The van der Waals surface area contributed by atoms with E-state index in [-0.39, 0.29) is 6.04 Å². The van der Waals surface area contributed by atoms with Gasteiger partial charge in [0.05, 0.1) is 0 Å². The highest BCUT2D eigenvalue weighted by molar-refractivity contribution is 7.99. The van der Waals surface area contributed by atoms with E-state index in [1.54, 1.807) is 0 Å². The van der Waals surface area contributed by atoms with Crippen LogP contribution in [0.1, 0.15) is 36.9 Å². The molecule has 0 aliphatic carbocycles. The Labute approximate surface area is 108 Å². The molecule has 0 bridgehead atoms. The van der Waals surface area contributed by atoms with Crippen molar-refractivity contribution in [2.24, 2.45) is 0 Å². The summed E-state index contributed by atoms with van der Waals surface area (Å²) < 4.78 is 0. The molecule has 17 heavy (non-hydrogen) atoms. The van der Waals surface area contributed by atoms with Crippen molar-refractivity contribution in [1.82, 2.24) is 5.32 Å². The first kappa shape index (κ1) is 12.8. The summed E-state index contributed by atoms with van der Waals surface area (Å²) in [6.45, 7) is 4.13. The van der Waals surface area contributed by atoms with Crippen LogP contribution >= 0.6 is 11.8 Å². The van der Waals surface area contributed by atoms with Gasteiger partial charge in [-0.25, -0.2) is 0 Å². The van der Waals surface area contributed by atoms with Crippen LogP contribution < -0.4 is 5.32 Å². The first-order valence-corrected chi connectivity index (χ1v) is 7.45. The number of hydrogen-bond donors (Lipinski definition) is 2. The van der Waals surface area contributed by atoms with Gasteiger partial charge in [0.15, 0.2) is 0 Å². The Balaban J connectivity index is 2.00. The van der Waals surface area contributed by atoms with Crippen LogP contribution in [0.5, 0.6) is 5.75 Å². The quantitative estimate of drug-likeness (QED) is 0.865. The highest BCUT2D eigenvalue weighted by Crippen LogP contribution is 2.27. The third kappa shape index (κ3) is 3.39. The van der Waals surface area contributed by atoms with E-state index in [1.807, 2.05) is 30.8 Å². The number of rotatable bonds is 3. The molecule has 0 amide bonds. The minimum absolute atomic E-state index is 0.226. The van der Waals surface area contributed by atoms with Gasteiger partial charge in [0.1, 0.15) is 5.75 Å². The van der Waals surface area contributed by atoms with Crippen LogP contribution in [-0.2, 0) is 0 Å². The summed E-state index contributed by atoms with van der Waals surface area (Å²) >= 11 is 2.04. The van der Waals surface area contributed by atoms with E-state index in [1.165, 1.54) is 24.3 Å². The average Bonchev–Trinajstić information content (AvgIpc) is 2.30. The van der Waals surface area contributed by atoms with Crippen molar-refractivity contribution in [1.29, 1.82) is 0 Å². The molecule has 1 unspecified atom stereocenters. The van der Waals surface area contributed by atoms with E-state index >= 15 is 0 Å². The van der Waals surface area contributed by atoms with Gasteiger partial charge in [0, 0.05) is 17.6 Å². The number of phenols is 1. The molecule has 0 saturated carbocycles. The van der Waals surface area contributed by atoms with E-state index < -0.39 is 0 Å². The normalized spacial score (nSPS) is 19.2. The number of phenolic OH excluding ortho intramolecular Hbond substituents is 1. The second kappa shape index (κ2) is 5.78. The van der Waals surface area contributed by atoms with Crippen LogP contribution in [0.4, 0.5) is 0 Å². The Morgan fingerprint density at radius 3 is 2.71 bits per heavy atom. The fourth-order valence-corrected chi connectivity index (χ4v) is 3.43. The molecule has 1 heterocycles. The van der Waals surface area contributed by atoms with Crippen molar-refractivity contribution < 1.29 is 5.11 Å². The number of hydrogen-bond acceptors (Lipinski definition) is 3. The van der Waals surface area contributed by atoms with Crippen molar-refractivity contribution in [2.45, 2.75) is 38.8 Å². The highest BCUT2D eigenvalue weighted by atomic mass is 32.2. The van der Waals surface area contributed by atoms with Crippen molar-refractivity contribution in [3.05, 3.63) is 29.3 Å². The summed E-state index contributed by atoms with van der Waals surface area (Å²) in [5.41, 5.74) is 2.11. The monoisotopic (exact) mass is 251 g/mol. The SMILES string of the molecule is Cc1ccc(C(C)NC2CCSCC2)c(O)c1. The molecule has 0 aromatic heterocycles. The molecule has 1 aromatic rings. The largest absolute Gasteiger partial charge is 0.508 e. The smallest absolute Gasteiger partial charge is 0.120 e. The summed E-state index contributed by atoms with van der Waals surface area (Å²) in [5.74, 6) is 2.92. The maximum atomic E-state index is 9.95. The minimum atomic E-state index is 0.226. The fraction of sp³-hybridized carbons (Fsp3) is 0.571. The van der Waals surface area contributed by atoms with E-state index in [9.17, 15) is 5.11 Å². The molecule has 1 atom stereocenters. The van der Waals surface area contributed by atoms with Gasteiger partial charge in [-0.05, 0) is 49.8 Å². The fourth-order valence-electron chi connectivity index (χ4n) is 2.33. The lowest BCUT2D eigenvalue weighted by Gasteiger charge is -2.27. The van der Waals surface area contributed by atoms with Crippen LogP contribution in [0.3, 0.4) is 0 Å². The average molecular weight is 251 g/mol. The summed E-state index contributed by atoms with van der Waals surface area (Å²) in [7, 11) is 0. The number of thioether (sulfide) groups is 1. The molecule has 0 spiro atoms. The zero-order chi connectivity index (χ0) is 12.3. The third-order valence-corrected chi connectivity index (χ3v) is 4.41. The van der Waals surface area contributed by atoms with E-state index in [0.717, 1.165) is 11.1 Å². The van der Waals surface area contributed by atoms with Crippen LogP contribution in [0.25, 0.3) is 0 Å². The van der Waals surface area contributed by atoms with Crippen LogP contribution in [-0.4, -0.2) is 22.7 Å². The summed E-state index contributed by atoms with van der Waals surface area (Å²) in [5, 5.41) is 13.6. The number of aryl methyl sites for hydroxylation is 1. The van der Waals surface area contributed by atoms with Crippen LogP contribution in [0.2, 0.25) is 0 Å². The molecular formula is C14H21NOS. The summed E-state index contributed by atoms with van der Waals surface area (Å²) in [4.78, 5) is 0. The molecule has 2 rings (SSSR count). The predicted octanol–water partition coefficient (Wildman–Crippen LogP) is 3.25. The van der Waals surface area contributed by atoms with Crippen molar-refractivity contribution in [3.8, 4) is 5.75 Å². The lowest BCUT2D eigenvalue weighted by atomic mass is 10.0. The highest BCUT2D eigenvalue weighted by Gasteiger charge is 2.18. The zero-order valence-electron chi connectivity index (χ0n) is 10.6. The van der Waals surface area contributed by atoms with Gasteiger partial charge < -0.3 is 10.4 Å². The summed E-state index contributed by atoms with van der Waals surface area (Å²) in [6, 6.07) is 6.75. The minimum Gasteiger partial charge on any atom is -0.508 e. The van der Waals surface area contributed by atoms with Gasteiger partial charge in [-0.2, -0.15) is 11.8 Å². The molecule has 2 nitrogen and oxygen atoms in total. The molecule has 1 aliphatic rings. The summed E-state index contributed by atoms with van der Waals surface area (Å²) in [6.07, 6.45) is 2.48. The predicted molar refractivity (Wildman–Crippen MR) is 74.7 cm³/mol. The van der Waals surface area contributed by atoms with Crippen LogP contribution in [0, 0.1) is 6.92 Å². The molecule has 1 aliphatic heterocycles. The van der Waals surface area contributed by atoms with E-state index in [2.05, 4.69) is 18.3 Å². The first-order chi connectivity index (χ1) is 8.16. The van der Waals surface area contributed by atoms with Crippen LogP contribution in [0.15, 0.2) is 18.2 Å². The molecule has 1 fully saturated rings. The Hall–Kier alpha value is -0.670. The molecule has 1 saturated heterocycles. The Morgan fingerprint density at radius 2 is 2.06 bits per heavy atom. The molecule has 3 heteroatoms. The number of nitrogens with one attached hydrogen (secondary N) is 1. The molecule has 1 aromatic carbocycles. The Morgan fingerprint density at radius 1 is 1.35 bits per heavy atom. The molecular weight excluding hydrogens is 230 g/mol. The van der Waals surface area contributed by atoms with E-state index in [4.69, 9.17) is 0 Å². The van der Waals surface area contributed by atoms with Gasteiger partial charge in [-0.1, -0.05) is 12.1 Å². The van der Waals surface area contributed by atoms with Gasteiger partial charge in [0.25, 0.3) is 0 Å². The zero-order valence-corrected chi connectivity index (χ0v) is 11.4. The van der Waals surface area contributed by atoms with Crippen molar-refractivity contribution in [3.63, 3.8) is 0 Å². The number of aromatic hydroxyl groups is 1. The van der Waals surface area contributed by atoms with Gasteiger partial charge in [-0.15, -0.1) is 0 Å². The first-order valence-electron chi connectivity index (χ1n) is 6.30. The van der Waals surface area contributed by atoms with Gasteiger partial charge >= 0.3 is 0 Å². The molecule has 0 radical (unpaired) electrons. The lowest BCUT2D eigenvalue weighted by Crippen LogP contribution is -2.34. The second-order valence-electron chi connectivity index (χ2n) is 4.84. The number of benzene rings is 1. The molecule has 2 N–H and O–H groups in total. The maximum absolute atomic E-state index is 9.95. The second-order valence-corrected chi connectivity index (χ2v) is 6.06. The third-order valence-electron chi connectivity index (χ3n) is 3.36. The Kier molecular flexibility index (Phi) is 4.35. The van der Waals surface area contributed by atoms with Crippen molar-refractivity contribution >= 4 is 11.8 Å². The molecule has 94 valence electrons. The van der Waals surface area contributed by atoms with Crippen molar-refractivity contribution in [2.75, 3.05) is 11.5 Å². The maximum Gasteiger partial charge on any atom is 0.120 e. The van der Waals surface area contributed by atoms with E-state index in [0.29, 0.717) is 11.8 Å². The Bertz CT molecular complexity index is 374. The van der Waals surface area contributed by atoms with Gasteiger partial charge in [-0.3, -0.25) is 0 Å². The standard InChI is InChI=1S/C14H21NOS/c1-10-3-4-13(14(16)9-10)11(2)15-12-5-7-17-8-6-12/h3-4,9,11-12,15-16H,5-8H2,1-2H3. The lowest BCUT2D eigenvalue weighted by molar-refractivity contribution is 0.410.